The highest BCUT2D eigenvalue weighted by molar-refractivity contribution is 6.42. The number of alkyl halides is 3. The number of rotatable bonds is 10. The normalized spacial score (nSPS) is 14.8. The van der Waals surface area contributed by atoms with Gasteiger partial charge in [-0.3, -0.25) is 4.79 Å². The maximum atomic E-state index is 13.1. The van der Waals surface area contributed by atoms with Crippen LogP contribution in [0.25, 0.3) is 6.08 Å². The van der Waals surface area contributed by atoms with Gasteiger partial charge < -0.3 is 20.4 Å². The van der Waals surface area contributed by atoms with Crippen molar-refractivity contribution in [1.29, 1.82) is 0 Å². The van der Waals surface area contributed by atoms with Gasteiger partial charge in [-0.15, -0.1) is 0 Å². The highest BCUT2D eigenvalue weighted by Crippen LogP contribution is 2.36. The quantitative estimate of drug-likeness (QED) is 0.213. The summed E-state index contributed by atoms with van der Waals surface area (Å²) in [5.74, 6) is -0.166. The Bertz CT molecular complexity index is 1190. The van der Waals surface area contributed by atoms with E-state index in [1.807, 2.05) is 0 Å². The molecule has 0 bridgehead atoms. The summed E-state index contributed by atoms with van der Waals surface area (Å²) in [6.45, 7) is 4.07. The summed E-state index contributed by atoms with van der Waals surface area (Å²) < 4.78 is 39.3. The van der Waals surface area contributed by atoms with Crippen molar-refractivity contribution >= 4 is 58.5 Å². The number of benzene rings is 2. The van der Waals surface area contributed by atoms with Crippen molar-refractivity contribution in [3.05, 3.63) is 68.7 Å². The Morgan fingerprint density at radius 3 is 2.38 bits per heavy atom. The molecule has 0 atom stereocenters. The standard InChI is InChI=1S/C28H32Cl3F3N4O2/c29-23-10-8-21(19-22(23)28(32,33)34)36-27(40)38-15-5-14-37(16-17-38)13-4-2-1-3-12-35-26(39)11-7-20-6-9-24(30)25(31)18-20/h6-11,18-19H,1-5,12-17H2,(H,35,39)(H,36,40)/b11-7+. The van der Waals surface area contributed by atoms with Crippen molar-refractivity contribution in [2.45, 2.75) is 38.3 Å². The monoisotopic (exact) mass is 618 g/mol. The van der Waals surface area contributed by atoms with Crippen LogP contribution in [0.1, 0.15) is 43.2 Å². The van der Waals surface area contributed by atoms with Gasteiger partial charge in [0.05, 0.1) is 20.6 Å². The van der Waals surface area contributed by atoms with Gasteiger partial charge in [-0.1, -0.05) is 53.7 Å². The van der Waals surface area contributed by atoms with Crippen molar-refractivity contribution in [2.75, 3.05) is 44.6 Å². The third-order valence-electron chi connectivity index (χ3n) is 6.47. The van der Waals surface area contributed by atoms with Crippen LogP contribution in [0.5, 0.6) is 0 Å². The van der Waals surface area contributed by atoms with E-state index in [1.165, 1.54) is 12.1 Å². The summed E-state index contributed by atoms with van der Waals surface area (Å²) in [6.07, 6.45) is 3.23. The highest BCUT2D eigenvalue weighted by Gasteiger charge is 2.33. The molecule has 0 unspecified atom stereocenters. The Labute approximate surface area is 247 Å². The predicted octanol–water partition coefficient (Wildman–Crippen LogP) is 7.60. The SMILES string of the molecule is O=C(/C=C/c1ccc(Cl)c(Cl)c1)NCCCCCCN1CCCN(C(=O)Nc2ccc(Cl)c(C(F)(F)F)c2)CC1. The van der Waals surface area contributed by atoms with Crippen LogP contribution in [0, 0.1) is 0 Å². The molecule has 3 amide bonds. The first kappa shape index (κ1) is 32.1. The maximum absolute atomic E-state index is 13.1. The lowest BCUT2D eigenvalue weighted by Gasteiger charge is -2.22. The fourth-order valence-corrected chi connectivity index (χ4v) is 4.82. The summed E-state index contributed by atoms with van der Waals surface area (Å²) >= 11 is 17.5. The van der Waals surface area contributed by atoms with E-state index >= 15 is 0 Å². The minimum atomic E-state index is -4.60. The molecule has 2 N–H and O–H groups in total. The zero-order valence-corrected chi connectivity index (χ0v) is 24.1. The smallest absolute Gasteiger partial charge is 0.353 e. The van der Waals surface area contributed by atoms with E-state index in [0.717, 1.165) is 62.9 Å². The summed E-state index contributed by atoms with van der Waals surface area (Å²) in [5, 5.41) is 5.93. The van der Waals surface area contributed by atoms with Crippen molar-refractivity contribution in [2.24, 2.45) is 0 Å². The molecular formula is C28H32Cl3F3N4O2. The van der Waals surface area contributed by atoms with Crippen LogP contribution >= 0.6 is 34.8 Å². The third-order valence-corrected chi connectivity index (χ3v) is 7.54. The van der Waals surface area contributed by atoms with E-state index in [0.29, 0.717) is 36.2 Å². The Hall–Kier alpha value is -2.46. The molecule has 0 aliphatic carbocycles. The van der Waals surface area contributed by atoms with Crippen LogP contribution in [-0.4, -0.2) is 61.0 Å². The number of carbonyl (C=O) groups excluding carboxylic acids is 2. The van der Waals surface area contributed by atoms with Gasteiger partial charge in [0.1, 0.15) is 0 Å². The molecule has 218 valence electrons. The molecule has 40 heavy (non-hydrogen) atoms. The number of nitrogens with zero attached hydrogens (tertiary/aromatic N) is 2. The lowest BCUT2D eigenvalue weighted by atomic mass is 10.2. The number of carbonyl (C=O) groups is 2. The van der Waals surface area contributed by atoms with Gasteiger partial charge in [-0.25, -0.2) is 4.79 Å². The van der Waals surface area contributed by atoms with E-state index in [4.69, 9.17) is 34.8 Å². The van der Waals surface area contributed by atoms with Gasteiger partial charge in [0.25, 0.3) is 0 Å². The number of hydrogen-bond acceptors (Lipinski definition) is 3. The molecule has 1 fully saturated rings. The lowest BCUT2D eigenvalue weighted by molar-refractivity contribution is -0.137. The average molecular weight is 620 g/mol. The van der Waals surface area contributed by atoms with Crippen LogP contribution in [-0.2, 0) is 11.0 Å². The number of amides is 3. The fourth-order valence-electron chi connectivity index (χ4n) is 4.29. The van der Waals surface area contributed by atoms with Crippen molar-refractivity contribution < 1.29 is 22.8 Å². The summed E-state index contributed by atoms with van der Waals surface area (Å²) in [4.78, 5) is 28.6. The Morgan fingerprint density at radius 2 is 1.62 bits per heavy atom. The molecule has 12 heteroatoms. The maximum Gasteiger partial charge on any atom is 0.417 e. The van der Waals surface area contributed by atoms with Crippen LogP contribution in [0.15, 0.2) is 42.5 Å². The van der Waals surface area contributed by atoms with E-state index in [2.05, 4.69) is 15.5 Å². The molecular weight excluding hydrogens is 588 g/mol. The lowest BCUT2D eigenvalue weighted by Crippen LogP contribution is -2.38. The number of urea groups is 1. The van der Waals surface area contributed by atoms with E-state index in [-0.39, 0.29) is 11.6 Å². The molecule has 0 saturated carbocycles. The highest BCUT2D eigenvalue weighted by atomic mass is 35.5. The van der Waals surface area contributed by atoms with Crippen LogP contribution < -0.4 is 10.6 Å². The van der Waals surface area contributed by atoms with Crippen molar-refractivity contribution in [3.63, 3.8) is 0 Å². The van der Waals surface area contributed by atoms with Crippen molar-refractivity contribution in [3.8, 4) is 0 Å². The van der Waals surface area contributed by atoms with Gasteiger partial charge in [-0.05, 0) is 74.3 Å². The van der Waals surface area contributed by atoms with Crippen LogP contribution in [0.2, 0.25) is 15.1 Å². The number of anilines is 1. The second-order valence-electron chi connectivity index (χ2n) is 9.52. The van der Waals surface area contributed by atoms with E-state index < -0.39 is 22.8 Å². The number of halogens is 6. The largest absolute Gasteiger partial charge is 0.417 e. The molecule has 3 rings (SSSR count). The van der Waals surface area contributed by atoms with E-state index in [1.54, 1.807) is 29.2 Å². The summed E-state index contributed by atoms with van der Waals surface area (Å²) in [7, 11) is 0. The average Bonchev–Trinajstić information content (AvgIpc) is 3.15. The van der Waals surface area contributed by atoms with Gasteiger partial charge >= 0.3 is 12.2 Å². The van der Waals surface area contributed by atoms with Gasteiger partial charge in [-0.2, -0.15) is 13.2 Å². The van der Waals surface area contributed by atoms with Gasteiger partial charge in [0.2, 0.25) is 5.91 Å². The van der Waals surface area contributed by atoms with Crippen LogP contribution in [0.4, 0.5) is 23.7 Å². The molecule has 1 saturated heterocycles. The number of unbranched alkanes of at least 4 members (excludes halogenated alkanes) is 3. The Kier molecular flexibility index (Phi) is 12.4. The number of nitrogens with one attached hydrogen (secondary N) is 2. The first-order valence-corrected chi connectivity index (χ1v) is 14.2. The second-order valence-corrected chi connectivity index (χ2v) is 10.7. The minimum Gasteiger partial charge on any atom is -0.353 e. The zero-order valence-electron chi connectivity index (χ0n) is 21.9. The number of hydrogen-bond donors (Lipinski definition) is 2. The second kappa shape index (κ2) is 15.5. The Morgan fingerprint density at radius 1 is 0.875 bits per heavy atom. The molecule has 6 nitrogen and oxygen atoms in total. The molecule has 2 aromatic carbocycles. The molecule has 0 radical (unpaired) electrons. The first-order valence-electron chi connectivity index (χ1n) is 13.1. The fraction of sp³-hybridized carbons (Fsp3) is 0.429. The minimum absolute atomic E-state index is 0.0570. The third kappa shape index (κ3) is 10.5. The van der Waals surface area contributed by atoms with Gasteiger partial charge in [0.15, 0.2) is 0 Å². The molecule has 1 aliphatic heterocycles. The molecule has 0 spiro atoms. The predicted molar refractivity (Wildman–Crippen MR) is 155 cm³/mol. The molecule has 1 aliphatic rings. The summed E-state index contributed by atoms with van der Waals surface area (Å²) in [5.41, 5.74) is -0.127. The molecule has 2 aromatic rings. The summed E-state index contributed by atoms with van der Waals surface area (Å²) in [6, 6.07) is 8.08. The Balaban J connectivity index is 1.29. The van der Waals surface area contributed by atoms with Gasteiger partial charge in [0, 0.05) is 37.9 Å². The molecule has 1 heterocycles. The topological polar surface area (TPSA) is 64.7 Å². The van der Waals surface area contributed by atoms with Crippen molar-refractivity contribution in [1.82, 2.24) is 15.1 Å². The molecule has 0 aromatic heterocycles. The zero-order chi connectivity index (χ0) is 29.1. The van der Waals surface area contributed by atoms with Crippen LogP contribution in [0.3, 0.4) is 0 Å². The van der Waals surface area contributed by atoms with E-state index in [9.17, 15) is 22.8 Å². The first-order chi connectivity index (χ1) is 19.0.